The number of benzene rings is 1. The van der Waals surface area contributed by atoms with Crippen LogP contribution in [0.3, 0.4) is 0 Å². The Morgan fingerprint density at radius 1 is 1.21 bits per heavy atom. The third-order valence-electron chi connectivity index (χ3n) is 4.15. The van der Waals surface area contributed by atoms with E-state index in [0.29, 0.717) is 5.56 Å². The van der Waals surface area contributed by atoms with Crippen LogP contribution in [0.2, 0.25) is 0 Å². The van der Waals surface area contributed by atoms with Crippen LogP contribution >= 0.6 is 0 Å². The van der Waals surface area contributed by atoms with E-state index < -0.39 is 16.2 Å². The number of aromatic nitrogens is 4. The van der Waals surface area contributed by atoms with Crippen LogP contribution in [-0.4, -0.2) is 23.6 Å². The van der Waals surface area contributed by atoms with Gasteiger partial charge in [0.2, 0.25) is 0 Å². The summed E-state index contributed by atoms with van der Waals surface area (Å²) in [4.78, 5) is 39.1. The molecular formula is C15H15N5O4. The predicted octanol–water partition coefficient (Wildman–Crippen LogP) is 0.951. The van der Waals surface area contributed by atoms with Gasteiger partial charge in [0.05, 0.1) is 17.3 Å². The van der Waals surface area contributed by atoms with Gasteiger partial charge in [-0.1, -0.05) is 12.1 Å². The molecule has 2 heterocycles. The Balaban J connectivity index is 2.24. The monoisotopic (exact) mass is 329 g/mol. The fourth-order valence-corrected chi connectivity index (χ4v) is 2.72. The summed E-state index contributed by atoms with van der Waals surface area (Å²) < 4.78 is 3.93. The smallest absolute Gasteiger partial charge is 0.317 e. The van der Waals surface area contributed by atoms with Gasteiger partial charge >= 0.3 is 5.69 Å². The third-order valence-corrected chi connectivity index (χ3v) is 4.15. The molecule has 0 saturated heterocycles. The molecule has 0 aliphatic carbocycles. The van der Waals surface area contributed by atoms with E-state index in [1.807, 2.05) is 6.92 Å². The summed E-state index contributed by atoms with van der Waals surface area (Å²) in [7, 11) is 2.94. The minimum Gasteiger partial charge on any atom is -0.317 e. The predicted molar refractivity (Wildman–Crippen MR) is 87.1 cm³/mol. The van der Waals surface area contributed by atoms with Crippen molar-refractivity contribution in [2.24, 2.45) is 14.1 Å². The number of hydrogen-bond donors (Lipinski definition) is 0. The number of non-ortho nitro benzene ring substituents is 1. The molecule has 3 aromatic rings. The zero-order valence-electron chi connectivity index (χ0n) is 13.3. The summed E-state index contributed by atoms with van der Waals surface area (Å²) in [5.74, 6) is 0. The minimum absolute atomic E-state index is 0.0240. The molecule has 0 aliphatic heterocycles. The second-order valence-electron chi connectivity index (χ2n) is 5.56. The number of rotatable bonds is 3. The van der Waals surface area contributed by atoms with Crippen molar-refractivity contribution in [3.05, 3.63) is 67.1 Å². The van der Waals surface area contributed by atoms with E-state index in [1.54, 1.807) is 23.7 Å². The van der Waals surface area contributed by atoms with Crippen molar-refractivity contribution in [3.63, 3.8) is 0 Å². The second-order valence-corrected chi connectivity index (χ2v) is 5.56. The van der Waals surface area contributed by atoms with Crippen LogP contribution in [0.25, 0.3) is 11.2 Å². The van der Waals surface area contributed by atoms with E-state index in [2.05, 4.69) is 4.98 Å². The highest BCUT2D eigenvalue weighted by Gasteiger charge is 2.19. The van der Waals surface area contributed by atoms with Crippen molar-refractivity contribution in [2.45, 2.75) is 13.0 Å². The van der Waals surface area contributed by atoms with Gasteiger partial charge in [-0.2, -0.15) is 0 Å². The fourth-order valence-electron chi connectivity index (χ4n) is 2.72. The highest BCUT2D eigenvalue weighted by atomic mass is 16.6. The largest absolute Gasteiger partial charge is 0.332 e. The van der Waals surface area contributed by atoms with Crippen molar-refractivity contribution < 1.29 is 4.92 Å². The molecule has 0 fully saturated rings. The first-order valence-corrected chi connectivity index (χ1v) is 7.20. The van der Waals surface area contributed by atoms with Gasteiger partial charge in [-0.15, -0.1) is 0 Å². The molecule has 0 N–H and O–H groups in total. The molecular weight excluding hydrogens is 314 g/mol. The Morgan fingerprint density at radius 3 is 2.58 bits per heavy atom. The zero-order valence-corrected chi connectivity index (χ0v) is 13.3. The number of nitrogens with zero attached hydrogens (tertiary/aromatic N) is 5. The van der Waals surface area contributed by atoms with E-state index in [4.69, 9.17) is 0 Å². The topological polar surface area (TPSA) is 105 Å². The lowest BCUT2D eigenvalue weighted by Gasteiger charge is -2.15. The molecule has 1 aromatic carbocycles. The summed E-state index contributed by atoms with van der Waals surface area (Å²) in [6, 6.07) is 5.85. The van der Waals surface area contributed by atoms with Crippen LogP contribution in [0.15, 0.2) is 40.2 Å². The Hall–Kier alpha value is -3.23. The maximum absolute atomic E-state index is 12.5. The molecule has 0 radical (unpaired) electrons. The number of hydrogen-bond acceptors (Lipinski definition) is 5. The molecule has 0 saturated carbocycles. The molecule has 2 aromatic heterocycles. The lowest BCUT2D eigenvalue weighted by molar-refractivity contribution is -0.384. The van der Waals surface area contributed by atoms with Gasteiger partial charge in [0.1, 0.15) is 0 Å². The SMILES string of the molecule is CC(c1cccc([N+](=O)[O-])c1)n1cnc2c1c(=O)n(C)c(=O)n2C. The van der Waals surface area contributed by atoms with Crippen LogP contribution in [-0.2, 0) is 14.1 Å². The Bertz CT molecular complexity index is 1080. The molecule has 9 heteroatoms. The molecule has 0 spiro atoms. The maximum atomic E-state index is 12.5. The van der Waals surface area contributed by atoms with Crippen LogP contribution in [0.4, 0.5) is 5.69 Å². The average Bonchev–Trinajstić information content (AvgIpc) is 3.02. The van der Waals surface area contributed by atoms with E-state index in [9.17, 15) is 19.7 Å². The minimum atomic E-state index is -0.467. The van der Waals surface area contributed by atoms with Gasteiger partial charge < -0.3 is 4.57 Å². The molecule has 124 valence electrons. The summed E-state index contributed by atoms with van der Waals surface area (Å²) in [5.41, 5.74) is 0.283. The molecule has 1 atom stereocenters. The van der Waals surface area contributed by atoms with Crippen molar-refractivity contribution in [2.75, 3.05) is 0 Å². The van der Waals surface area contributed by atoms with Gasteiger partial charge in [0, 0.05) is 26.2 Å². The normalized spacial score (nSPS) is 12.5. The first-order chi connectivity index (χ1) is 11.3. The molecule has 9 nitrogen and oxygen atoms in total. The highest BCUT2D eigenvalue weighted by Crippen LogP contribution is 2.24. The summed E-state index contributed by atoms with van der Waals surface area (Å²) in [5, 5.41) is 11.0. The second kappa shape index (κ2) is 5.44. The number of nitro benzene ring substituents is 1. The first-order valence-electron chi connectivity index (χ1n) is 7.20. The quantitative estimate of drug-likeness (QED) is 0.525. The zero-order chi connectivity index (χ0) is 17.6. The van der Waals surface area contributed by atoms with E-state index >= 15 is 0 Å². The molecule has 0 bridgehead atoms. The Kier molecular flexibility index (Phi) is 3.55. The number of aryl methyl sites for hydroxylation is 1. The van der Waals surface area contributed by atoms with Gasteiger partial charge in [0.25, 0.3) is 11.2 Å². The van der Waals surface area contributed by atoms with Crippen molar-refractivity contribution in [3.8, 4) is 0 Å². The van der Waals surface area contributed by atoms with E-state index in [0.717, 1.165) is 4.57 Å². The lowest BCUT2D eigenvalue weighted by Crippen LogP contribution is -2.37. The van der Waals surface area contributed by atoms with Crippen molar-refractivity contribution >= 4 is 16.9 Å². The fraction of sp³-hybridized carbons (Fsp3) is 0.267. The van der Waals surface area contributed by atoms with Gasteiger partial charge in [0.15, 0.2) is 11.2 Å². The van der Waals surface area contributed by atoms with Crippen molar-refractivity contribution in [1.82, 2.24) is 18.7 Å². The van der Waals surface area contributed by atoms with Gasteiger partial charge in [-0.05, 0) is 12.5 Å². The lowest BCUT2D eigenvalue weighted by atomic mass is 10.1. The maximum Gasteiger partial charge on any atom is 0.332 e. The Labute approximate surface area is 135 Å². The molecule has 3 rings (SSSR count). The van der Waals surface area contributed by atoms with E-state index in [1.165, 1.54) is 30.1 Å². The Morgan fingerprint density at radius 2 is 1.92 bits per heavy atom. The summed E-state index contributed by atoms with van der Waals surface area (Å²) in [6.07, 6.45) is 1.47. The molecule has 24 heavy (non-hydrogen) atoms. The highest BCUT2D eigenvalue weighted by molar-refractivity contribution is 5.70. The van der Waals surface area contributed by atoms with Gasteiger partial charge in [-0.3, -0.25) is 24.0 Å². The van der Waals surface area contributed by atoms with Crippen LogP contribution in [0.1, 0.15) is 18.5 Å². The standard InChI is InChI=1S/C15H15N5O4/c1-9(10-5-4-6-11(7-10)20(23)24)19-8-16-13-12(19)14(21)18(3)15(22)17(13)2/h4-9H,1-3H3. The number of nitro groups is 1. The van der Waals surface area contributed by atoms with Crippen molar-refractivity contribution in [1.29, 1.82) is 0 Å². The van der Waals surface area contributed by atoms with Crippen LogP contribution < -0.4 is 11.2 Å². The number of fused-ring (bicyclic) bond motifs is 1. The summed E-state index contributed by atoms with van der Waals surface area (Å²) >= 11 is 0. The van der Waals surface area contributed by atoms with Crippen LogP contribution in [0.5, 0.6) is 0 Å². The van der Waals surface area contributed by atoms with E-state index in [-0.39, 0.29) is 22.9 Å². The molecule has 0 amide bonds. The first kappa shape index (κ1) is 15.7. The number of imidazole rings is 1. The summed E-state index contributed by atoms with van der Waals surface area (Å²) in [6.45, 7) is 1.81. The molecule has 1 unspecified atom stereocenters. The van der Waals surface area contributed by atoms with Gasteiger partial charge in [-0.25, -0.2) is 9.78 Å². The third kappa shape index (κ3) is 2.21. The average molecular weight is 329 g/mol. The molecule has 0 aliphatic rings. The van der Waals surface area contributed by atoms with Crippen LogP contribution in [0, 0.1) is 10.1 Å².